The Balaban J connectivity index is 1.95. The molecule has 0 aliphatic rings. The molecule has 0 aliphatic heterocycles. The normalized spacial score (nSPS) is 11.4. The number of hydrogen-bond donors (Lipinski definition) is 1. The molecule has 1 N–H and O–H groups in total. The van der Waals surface area contributed by atoms with Crippen molar-refractivity contribution in [3.8, 4) is 0 Å². The van der Waals surface area contributed by atoms with Crippen LogP contribution in [0.5, 0.6) is 0 Å². The third kappa shape index (κ3) is 4.28. The van der Waals surface area contributed by atoms with Gasteiger partial charge in [0.05, 0.1) is 17.0 Å². The molecule has 0 fully saturated rings. The standard InChI is InChI=1S/C15H15BrN2OS/c1-2-13(14-4-3-9-20-14)17-18-15(19)10-11-5-7-12(16)8-6-11/h3-9H,2,10H2,1H3,(H,18,19)/b17-13-. The average molecular weight is 351 g/mol. The second kappa shape index (κ2) is 7.36. The Morgan fingerprint density at radius 3 is 2.65 bits per heavy atom. The van der Waals surface area contributed by atoms with E-state index in [1.807, 2.05) is 48.7 Å². The lowest BCUT2D eigenvalue weighted by atomic mass is 10.1. The Morgan fingerprint density at radius 2 is 2.05 bits per heavy atom. The van der Waals surface area contributed by atoms with E-state index in [-0.39, 0.29) is 5.91 Å². The molecule has 0 saturated heterocycles. The van der Waals surface area contributed by atoms with Gasteiger partial charge in [-0.3, -0.25) is 4.79 Å². The van der Waals surface area contributed by atoms with Gasteiger partial charge in [-0.05, 0) is 35.6 Å². The summed E-state index contributed by atoms with van der Waals surface area (Å²) < 4.78 is 1.01. The van der Waals surface area contributed by atoms with Crippen LogP contribution in [-0.2, 0) is 11.2 Å². The van der Waals surface area contributed by atoms with Crippen LogP contribution in [-0.4, -0.2) is 11.6 Å². The lowest BCUT2D eigenvalue weighted by molar-refractivity contribution is -0.120. The number of hydrogen-bond acceptors (Lipinski definition) is 3. The molecule has 0 saturated carbocycles. The molecule has 1 heterocycles. The zero-order chi connectivity index (χ0) is 14.4. The van der Waals surface area contributed by atoms with Crippen LogP contribution < -0.4 is 5.43 Å². The van der Waals surface area contributed by atoms with Gasteiger partial charge in [-0.15, -0.1) is 11.3 Å². The molecule has 0 radical (unpaired) electrons. The van der Waals surface area contributed by atoms with Gasteiger partial charge in [-0.1, -0.05) is 41.1 Å². The van der Waals surface area contributed by atoms with Crippen molar-refractivity contribution in [1.82, 2.24) is 5.43 Å². The topological polar surface area (TPSA) is 41.5 Å². The van der Waals surface area contributed by atoms with Crippen molar-refractivity contribution in [2.45, 2.75) is 19.8 Å². The van der Waals surface area contributed by atoms with Gasteiger partial charge in [0.25, 0.3) is 0 Å². The van der Waals surface area contributed by atoms with E-state index in [1.165, 1.54) is 0 Å². The molecule has 5 heteroatoms. The smallest absolute Gasteiger partial charge is 0.244 e. The summed E-state index contributed by atoms with van der Waals surface area (Å²) in [4.78, 5) is 13.0. The Kier molecular flexibility index (Phi) is 5.49. The number of nitrogens with zero attached hydrogens (tertiary/aromatic N) is 1. The van der Waals surface area contributed by atoms with Crippen molar-refractivity contribution in [2.24, 2.45) is 5.10 Å². The minimum atomic E-state index is -0.102. The van der Waals surface area contributed by atoms with Crippen molar-refractivity contribution >= 4 is 38.9 Å². The van der Waals surface area contributed by atoms with Gasteiger partial charge in [0.15, 0.2) is 0 Å². The zero-order valence-electron chi connectivity index (χ0n) is 11.1. The first-order valence-electron chi connectivity index (χ1n) is 6.32. The predicted octanol–water partition coefficient (Wildman–Crippen LogP) is 3.98. The number of benzene rings is 1. The van der Waals surface area contributed by atoms with E-state index in [2.05, 4.69) is 26.5 Å². The highest BCUT2D eigenvalue weighted by atomic mass is 79.9. The second-order valence-electron chi connectivity index (χ2n) is 4.23. The van der Waals surface area contributed by atoms with Crippen LogP contribution in [0.2, 0.25) is 0 Å². The third-order valence-electron chi connectivity index (χ3n) is 2.73. The number of carbonyl (C=O) groups is 1. The highest BCUT2D eigenvalue weighted by molar-refractivity contribution is 9.10. The molecule has 1 aromatic carbocycles. The largest absolute Gasteiger partial charge is 0.273 e. The highest BCUT2D eigenvalue weighted by Crippen LogP contribution is 2.12. The van der Waals surface area contributed by atoms with Gasteiger partial charge in [0, 0.05) is 4.47 Å². The van der Waals surface area contributed by atoms with E-state index in [4.69, 9.17) is 0 Å². The van der Waals surface area contributed by atoms with Gasteiger partial charge < -0.3 is 0 Å². The highest BCUT2D eigenvalue weighted by Gasteiger charge is 2.05. The SMILES string of the molecule is CC/C(=N/NC(=O)Cc1ccc(Br)cc1)c1cccs1. The van der Waals surface area contributed by atoms with E-state index in [0.29, 0.717) is 6.42 Å². The Morgan fingerprint density at radius 1 is 1.30 bits per heavy atom. The monoisotopic (exact) mass is 350 g/mol. The molecule has 1 aromatic heterocycles. The first-order chi connectivity index (χ1) is 9.69. The van der Waals surface area contributed by atoms with E-state index >= 15 is 0 Å². The van der Waals surface area contributed by atoms with E-state index < -0.39 is 0 Å². The number of nitrogens with one attached hydrogen (secondary N) is 1. The van der Waals surface area contributed by atoms with Gasteiger partial charge in [0.2, 0.25) is 5.91 Å². The summed E-state index contributed by atoms with van der Waals surface area (Å²) in [5, 5.41) is 6.22. The fourth-order valence-electron chi connectivity index (χ4n) is 1.71. The summed E-state index contributed by atoms with van der Waals surface area (Å²) in [6.45, 7) is 2.03. The Bertz CT molecular complexity index is 591. The van der Waals surface area contributed by atoms with Gasteiger partial charge in [0.1, 0.15) is 0 Å². The van der Waals surface area contributed by atoms with Crippen LogP contribution in [0.4, 0.5) is 0 Å². The molecule has 3 nitrogen and oxygen atoms in total. The lowest BCUT2D eigenvalue weighted by Crippen LogP contribution is -2.21. The van der Waals surface area contributed by atoms with Crippen LogP contribution in [0.25, 0.3) is 0 Å². The Hall–Kier alpha value is -1.46. The summed E-state index contributed by atoms with van der Waals surface area (Å²) in [6.07, 6.45) is 1.12. The maximum atomic E-state index is 11.9. The van der Waals surface area contributed by atoms with Crippen LogP contribution in [0.15, 0.2) is 51.4 Å². The van der Waals surface area contributed by atoms with Crippen molar-refractivity contribution in [2.75, 3.05) is 0 Å². The lowest BCUT2D eigenvalue weighted by Gasteiger charge is -2.03. The van der Waals surface area contributed by atoms with Crippen molar-refractivity contribution < 1.29 is 4.79 Å². The average Bonchev–Trinajstić information content (AvgIpc) is 2.96. The van der Waals surface area contributed by atoms with Gasteiger partial charge >= 0.3 is 0 Å². The van der Waals surface area contributed by atoms with E-state index in [1.54, 1.807) is 11.3 Å². The summed E-state index contributed by atoms with van der Waals surface area (Å²) >= 11 is 5.00. The van der Waals surface area contributed by atoms with Gasteiger partial charge in [-0.2, -0.15) is 5.10 Å². The molecule has 0 aliphatic carbocycles. The molecular formula is C15H15BrN2OS. The predicted molar refractivity (Wildman–Crippen MR) is 87.1 cm³/mol. The fraction of sp³-hybridized carbons (Fsp3) is 0.200. The summed E-state index contributed by atoms with van der Waals surface area (Å²) in [7, 11) is 0. The number of halogens is 1. The molecule has 0 unspecified atom stereocenters. The first kappa shape index (κ1) is 14.9. The molecule has 1 amide bonds. The zero-order valence-corrected chi connectivity index (χ0v) is 13.5. The van der Waals surface area contributed by atoms with Crippen molar-refractivity contribution in [3.05, 3.63) is 56.7 Å². The minimum Gasteiger partial charge on any atom is -0.273 e. The number of thiophene rings is 1. The molecule has 0 spiro atoms. The molecule has 2 aromatic rings. The first-order valence-corrected chi connectivity index (χ1v) is 8.00. The fourth-order valence-corrected chi connectivity index (χ4v) is 2.76. The molecule has 0 bridgehead atoms. The third-order valence-corrected chi connectivity index (χ3v) is 4.18. The molecule has 104 valence electrons. The number of amides is 1. The maximum Gasteiger partial charge on any atom is 0.244 e. The number of rotatable bonds is 5. The summed E-state index contributed by atoms with van der Waals surface area (Å²) in [6, 6.07) is 11.7. The number of carbonyl (C=O) groups excluding carboxylic acids is 1. The minimum absolute atomic E-state index is 0.102. The molecular weight excluding hydrogens is 336 g/mol. The Labute approximate surface area is 130 Å². The van der Waals surface area contributed by atoms with Crippen LogP contribution in [0.1, 0.15) is 23.8 Å². The quantitative estimate of drug-likeness (QED) is 0.642. The molecule has 20 heavy (non-hydrogen) atoms. The summed E-state index contributed by atoms with van der Waals surface area (Å²) in [5.41, 5.74) is 4.50. The maximum absolute atomic E-state index is 11.9. The second-order valence-corrected chi connectivity index (χ2v) is 6.09. The molecule has 2 rings (SSSR count). The number of hydrazone groups is 1. The van der Waals surface area contributed by atoms with Crippen LogP contribution in [0, 0.1) is 0 Å². The van der Waals surface area contributed by atoms with E-state index in [0.717, 1.165) is 27.0 Å². The van der Waals surface area contributed by atoms with Crippen molar-refractivity contribution in [3.63, 3.8) is 0 Å². The van der Waals surface area contributed by atoms with Gasteiger partial charge in [-0.25, -0.2) is 5.43 Å². The van der Waals surface area contributed by atoms with Crippen LogP contribution >= 0.6 is 27.3 Å². The van der Waals surface area contributed by atoms with Crippen molar-refractivity contribution in [1.29, 1.82) is 0 Å². The van der Waals surface area contributed by atoms with E-state index in [9.17, 15) is 4.79 Å². The molecule has 0 atom stereocenters. The summed E-state index contributed by atoms with van der Waals surface area (Å²) in [5.74, 6) is -0.102. The van der Waals surface area contributed by atoms with Crippen LogP contribution in [0.3, 0.4) is 0 Å².